The molecule has 0 bridgehead atoms. The molecule has 0 unspecified atom stereocenters. The fourth-order valence-corrected chi connectivity index (χ4v) is 2.86. The van der Waals surface area contributed by atoms with Crippen molar-refractivity contribution < 1.29 is 4.79 Å². The van der Waals surface area contributed by atoms with Gasteiger partial charge in [0.05, 0.1) is 5.52 Å². The lowest BCUT2D eigenvalue weighted by atomic mass is 10.0. The first kappa shape index (κ1) is 14.1. The first-order valence-electron chi connectivity index (χ1n) is 7.44. The minimum Gasteiger partial charge on any atom is -0.335 e. The first-order chi connectivity index (χ1) is 9.97. The normalized spacial score (nSPS) is 17.4. The quantitative estimate of drug-likeness (QED) is 0.873. The Labute approximate surface area is 124 Å². The lowest BCUT2D eigenvalue weighted by molar-refractivity contribution is 0.0448. The number of nitrogens with zero attached hydrogens (tertiary/aromatic N) is 3. The molecule has 1 N–H and O–H groups in total. The van der Waals surface area contributed by atoms with Crippen molar-refractivity contribution >= 4 is 16.8 Å². The highest BCUT2D eigenvalue weighted by Crippen LogP contribution is 2.20. The SMILES string of the molecule is CC(C)(C)N1CCN(C(=O)c2n[nH]c3ccccc23)CC1. The highest BCUT2D eigenvalue weighted by Gasteiger charge is 2.29. The Morgan fingerprint density at radius 3 is 2.48 bits per heavy atom. The number of hydrogen-bond acceptors (Lipinski definition) is 3. The molecule has 1 aliphatic heterocycles. The predicted octanol–water partition coefficient (Wildman–Crippen LogP) is 2.12. The molecule has 0 atom stereocenters. The van der Waals surface area contributed by atoms with Crippen molar-refractivity contribution in [2.24, 2.45) is 0 Å². The van der Waals surface area contributed by atoms with E-state index in [1.165, 1.54) is 0 Å². The summed E-state index contributed by atoms with van der Waals surface area (Å²) in [6, 6.07) is 7.76. The molecule has 2 aromatic rings. The zero-order chi connectivity index (χ0) is 15.0. The first-order valence-corrected chi connectivity index (χ1v) is 7.44. The van der Waals surface area contributed by atoms with E-state index in [0.717, 1.165) is 37.1 Å². The molecule has 2 heterocycles. The molecule has 1 fully saturated rings. The number of rotatable bonds is 1. The molecule has 0 aliphatic carbocycles. The van der Waals surface area contributed by atoms with Gasteiger partial charge in [-0.15, -0.1) is 0 Å². The minimum absolute atomic E-state index is 0.0287. The van der Waals surface area contributed by atoms with Crippen LogP contribution in [0.1, 0.15) is 31.3 Å². The summed E-state index contributed by atoms with van der Waals surface area (Å²) >= 11 is 0. The number of piperazine rings is 1. The smallest absolute Gasteiger partial charge is 0.275 e. The average Bonchev–Trinajstić information content (AvgIpc) is 2.90. The van der Waals surface area contributed by atoms with Gasteiger partial charge in [0.15, 0.2) is 5.69 Å². The molecule has 1 amide bonds. The Balaban J connectivity index is 1.75. The number of nitrogens with one attached hydrogen (secondary N) is 1. The Kier molecular flexibility index (Phi) is 3.45. The summed E-state index contributed by atoms with van der Waals surface area (Å²) in [4.78, 5) is 17.0. The molecule has 0 saturated carbocycles. The number of H-pyrrole nitrogens is 1. The van der Waals surface area contributed by atoms with E-state index < -0.39 is 0 Å². The fraction of sp³-hybridized carbons (Fsp3) is 0.500. The Morgan fingerprint density at radius 2 is 1.81 bits per heavy atom. The van der Waals surface area contributed by atoms with E-state index in [2.05, 4.69) is 35.9 Å². The van der Waals surface area contributed by atoms with Crippen LogP contribution in [0.15, 0.2) is 24.3 Å². The van der Waals surface area contributed by atoms with Gasteiger partial charge in [-0.25, -0.2) is 0 Å². The molecular weight excluding hydrogens is 264 g/mol. The van der Waals surface area contributed by atoms with E-state index in [1.54, 1.807) is 0 Å². The van der Waals surface area contributed by atoms with E-state index >= 15 is 0 Å². The summed E-state index contributed by atoms with van der Waals surface area (Å²) < 4.78 is 0. The third-order valence-corrected chi connectivity index (χ3v) is 4.19. The molecular formula is C16H22N4O. The van der Waals surface area contributed by atoms with Crippen molar-refractivity contribution in [1.82, 2.24) is 20.0 Å². The maximum Gasteiger partial charge on any atom is 0.275 e. The van der Waals surface area contributed by atoms with Gasteiger partial charge in [0.1, 0.15) is 0 Å². The van der Waals surface area contributed by atoms with Crippen LogP contribution in [0.25, 0.3) is 10.9 Å². The molecule has 112 valence electrons. The molecule has 1 saturated heterocycles. The summed E-state index contributed by atoms with van der Waals surface area (Å²) in [6.45, 7) is 9.99. The molecule has 0 spiro atoms. The summed E-state index contributed by atoms with van der Waals surface area (Å²) in [7, 11) is 0. The van der Waals surface area contributed by atoms with Gasteiger partial charge < -0.3 is 4.90 Å². The second-order valence-electron chi connectivity index (χ2n) is 6.57. The lowest BCUT2D eigenvalue weighted by Gasteiger charge is -2.42. The van der Waals surface area contributed by atoms with Crippen molar-refractivity contribution in [2.45, 2.75) is 26.3 Å². The van der Waals surface area contributed by atoms with Crippen LogP contribution in [0.3, 0.4) is 0 Å². The summed E-state index contributed by atoms with van der Waals surface area (Å²) in [5.74, 6) is 0.0287. The van der Waals surface area contributed by atoms with Crippen molar-refractivity contribution in [2.75, 3.05) is 26.2 Å². The molecule has 5 nitrogen and oxygen atoms in total. The standard InChI is InChI=1S/C16H22N4O/c1-16(2,3)20-10-8-19(9-11-20)15(21)14-12-6-4-5-7-13(12)17-18-14/h4-7H,8-11H2,1-3H3,(H,17,18). The maximum atomic E-state index is 12.7. The van der Waals surface area contributed by atoms with Crippen molar-refractivity contribution in [3.8, 4) is 0 Å². The summed E-state index contributed by atoms with van der Waals surface area (Å²) in [6.07, 6.45) is 0. The number of amides is 1. The number of fused-ring (bicyclic) bond motifs is 1. The van der Waals surface area contributed by atoms with Crippen molar-refractivity contribution in [3.05, 3.63) is 30.0 Å². The molecule has 5 heteroatoms. The van der Waals surface area contributed by atoms with E-state index in [9.17, 15) is 4.79 Å². The fourth-order valence-electron chi connectivity index (χ4n) is 2.86. The molecule has 1 aromatic carbocycles. The van der Waals surface area contributed by atoms with Crippen LogP contribution >= 0.6 is 0 Å². The van der Waals surface area contributed by atoms with E-state index in [0.29, 0.717) is 5.69 Å². The van der Waals surface area contributed by atoms with Crippen LogP contribution in [0.4, 0.5) is 0 Å². The largest absolute Gasteiger partial charge is 0.335 e. The Morgan fingerprint density at radius 1 is 1.14 bits per heavy atom. The highest BCUT2D eigenvalue weighted by molar-refractivity contribution is 6.04. The Bertz CT molecular complexity index is 648. The van der Waals surface area contributed by atoms with Gasteiger partial charge in [-0.2, -0.15) is 5.10 Å². The van der Waals surface area contributed by atoms with Crippen LogP contribution in [0.2, 0.25) is 0 Å². The van der Waals surface area contributed by atoms with Gasteiger partial charge >= 0.3 is 0 Å². The topological polar surface area (TPSA) is 52.2 Å². The van der Waals surface area contributed by atoms with E-state index in [4.69, 9.17) is 0 Å². The van der Waals surface area contributed by atoms with Crippen LogP contribution in [0.5, 0.6) is 0 Å². The summed E-state index contributed by atoms with van der Waals surface area (Å²) in [5, 5.41) is 8.05. The van der Waals surface area contributed by atoms with Crippen molar-refractivity contribution in [1.29, 1.82) is 0 Å². The van der Waals surface area contributed by atoms with Crippen LogP contribution in [-0.4, -0.2) is 57.6 Å². The molecule has 3 rings (SSSR count). The van der Waals surface area contributed by atoms with Gasteiger partial charge in [-0.05, 0) is 26.8 Å². The van der Waals surface area contributed by atoms with E-state index in [-0.39, 0.29) is 11.4 Å². The lowest BCUT2D eigenvalue weighted by Crippen LogP contribution is -2.54. The zero-order valence-corrected chi connectivity index (χ0v) is 12.9. The second kappa shape index (κ2) is 5.15. The highest BCUT2D eigenvalue weighted by atomic mass is 16.2. The number of aromatic nitrogens is 2. The van der Waals surface area contributed by atoms with Crippen LogP contribution in [0, 0.1) is 0 Å². The number of benzene rings is 1. The number of para-hydroxylation sites is 1. The maximum absolute atomic E-state index is 12.7. The third-order valence-electron chi connectivity index (χ3n) is 4.19. The average molecular weight is 286 g/mol. The Hall–Kier alpha value is -1.88. The summed E-state index contributed by atoms with van der Waals surface area (Å²) in [5.41, 5.74) is 1.61. The molecule has 1 aliphatic rings. The minimum atomic E-state index is 0.0287. The monoisotopic (exact) mass is 286 g/mol. The predicted molar refractivity (Wildman–Crippen MR) is 83.3 cm³/mol. The van der Waals surface area contributed by atoms with Gasteiger partial charge in [0.2, 0.25) is 0 Å². The number of carbonyl (C=O) groups is 1. The zero-order valence-electron chi connectivity index (χ0n) is 12.9. The van der Waals surface area contributed by atoms with Crippen LogP contribution in [-0.2, 0) is 0 Å². The number of hydrogen-bond donors (Lipinski definition) is 1. The van der Waals surface area contributed by atoms with Gasteiger partial charge in [0, 0.05) is 37.1 Å². The van der Waals surface area contributed by atoms with Gasteiger partial charge in [-0.1, -0.05) is 18.2 Å². The van der Waals surface area contributed by atoms with Crippen molar-refractivity contribution in [3.63, 3.8) is 0 Å². The molecule has 0 radical (unpaired) electrons. The third kappa shape index (κ3) is 2.65. The number of aromatic amines is 1. The molecule has 1 aromatic heterocycles. The second-order valence-corrected chi connectivity index (χ2v) is 6.57. The van der Waals surface area contributed by atoms with Gasteiger partial charge in [0.25, 0.3) is 5.91 Å². The van der Waals surface area contributed by atoms with Gasteiger partial charge in [-0.3, -0.25) is 14.8 Å². The van der Waals surface area contributed by atoms with Crippen LogP contribution < -0.4 is 0 Å². The molecule has 21 heavy (non-hydrogen) atoms. The number of carbonyl (C=O) groups excluding carboxylic acids is 1. The van der Waals surface area contributed by atoms with E-state index in [1.807, 2.05) is 29.2 Å².